The van der Waals surface area contributed by atoms with Crippen LogP contribution in [0.1, 0.15) is 25.2 Å². The number of rotatable bonds is 3. The van der Waals surface area contributed by atoms with E-state index < -0.39 is 0 Å². The van der Waals surface area contributed by atoms with Gasteiger partial charge < -0.3 is 5.73 Å². The van der Waals surface area contributed by atoms with Gasteiger partial charge in [-0.3, -0.25) is 0 Å². The molecule has 4 heteroatoms. The van der Waals surface area contributed by atoms with Crippen molar-refractivity contribution in [1.82, 2.24) is 9.97 Å². The first-order valence-corrected chi connectivity index (χ1v) is 5.43. The van der Waals surface area contributed by atoms with Crippen LogP contribution in [0.5, 0.6) is 0 Å². The summed E-state index contributed by atoms with van der Waals surface area (Å²) in [7, 11) is 0. The van der Waals surface area contributed by atoms with Crippen molar-refractivity contribution in [3.63, 3.8) is 0 Å². The fraction of sp³-hybridized carbons (Fsp3) is 0.556. The average molecular weight is 197 g/mol. The Bertz CT molecular complexity index is 299. The van der Waals surface area contributed by atoms with Gasteiger partial charge in [-0.05, 0) is 12.7 Å². The third-order valence-electron chi connectivity index (χ3n) is 1.78. The summed E-state index contributed by atoms with van der Waals surface area (Å²) >= 11 is 1.71. The number of aromatic nitrogens is 2. The lowest BCUT2D eigenvalue weighted by molar-refractivity contribution is 0.878. The highest BCUT2D eigenvalue weighted by Gasteiger charge is 2.06. The minimum absolute atomic E-state index is 0.614. The molecule has 0 unspecified atom stereocenters. The van der Waals surface area contributed by atoms with Crippen molar-refractivity contribution in [2.24, 2.45) is 0 Å². The van der Waals surface area contributed by atoms with E-state index in [1.807, 2.05) is 13.8 Å². The number of aryl methyl sites for hydroxylation is 1. The molecule has 13 heavy (non-hydrogen) atoms. The molecule has 0 radical (unpaired) electrons. The molecule has 1 aromatic rings. The molecule has 1 heterocycles. The summed E-state index contributed by atoms with van der Waals surface area (Å²) in [6.07, 6.45) is 0.835. The van der Waals surface area contributed by atoms with Gasteiger partial charge in [-0.25, -0.2) is 9.97 Å². The van der Waals surface area contributed by atoms with Crippen LogP contribution in [0.2, 0.25) is 0 Å². The molecule has 0 atom stereocenters. The topological polar surface area (TPSA) is 51.8 Å². The van der Waals surface area contributed by atoms with Gasteiger partial charge in [-0.1, -0.05) is 13.8 Å². The highest BCUT2D eigenvalue weighted by atomic mass is 32.2. The lowest BCUT2D eigenvalue weighted by Gasteiger charge is -2.07. The van der Waals surface area contributed by atoms with Crippen molar-refractivity contribution in [3.8, 4) is 0 Å². The quantitative estimate of drug-likeness (QED) is 0.595. The van der Waals surface area contributed by atoms with Crippen LogP contribution in [0.4, 0.5) is 5.82 Å². The number of anilines is 1. The number of hydrogen-bond donors (Lipinski definition) is 1. The molecule has 72 valence electrons. The Labute approximate surface area is 83.2 Å². The SMILES string of the molecule is CCSc1nc(CC)nc(N)c1C. The average Bonchev–Trinajstić information content (AvgIpc) is 2.13. The van der Waals surface area contributed by atoms with Crippen molar-refractivity contribution in [2.45, 2.75) is 32.2 Å². The first-order valence-electron chi connectivity index (χ1n) is 4.44. The van der Waals surface area contributed by atoms with Gasteiger partial charge in [0, 0.05) is 12.0 Å². The number of hydrogen-bond acceptors (Lipinski definition) is 4. The summed E-state index contributed by atoms with van der Waals surface area (Å²) in [5.41, 5.74) is 6.77. The Hall–Kier alpha value is -0.770. The zero-order chi connectivity index (χ0) is 9.84. The van der Waals surface area contributed by atoms with Crippen molar-refractivity contribution < 1.29 is 0 Å². The van der Waals surface area contributed by atoms with Gasteiger partial charge in [0.15, 0.2) is 0 Å². The molecule has 1 aromatic heterocycles. The maximum Gasteiger partial charge on any atom is 0.131 e. The number of thioether (sulfide) groups is 1. The summed E-state index contributed by atoms with van der Waals surface area (Å²) in [6.45, 7) is 6.10. The highest BCUT2D eigenvalue weighted by molar-refractivity contribution is 7.99. The number of nitrogen functional groups attached to an aromatic ring is 1. The molecule has 0 amide bonds. The monoisotopic (exact) mass is 197 g/mol. The van der Waals surface area contributed by atoms with Crippen LogP contribution in [-0.4, -0.2) is 15.7 Å². The molecule has 1 rings (SSSR count). The van der Waals surface area contributed by atoms with E-state index in [4.69, 9.17) is 5.73 Å². The summed E-state index contributed by atoms with van der Waals surface area (Å²) in [5, 5.41) is 1.02. The predicted octanol–water partition coefficient (Wildman–Crippen LogP) is 2.04. The van der Waals surface area contributed by atoms with Crippen LogP contribution in [0, 0.1) is 6.92 Å². The Balaban J connectivity index is 3.09. The Morgan fingerprint density at radius 2 is 2.00 bits per heavy atom. The summed E-state index contributed by atoms with van der Waals surface area (Å²) in [5.74, 6) is 2.46. The van der Waals surface area contributed by atoms with Crippen LogP contribution in [0.3, 0.4) is 0 Å². The normalized spacial score (nSPS) is 10.4. The molecule has 0 spiro atoms. The Morgan fingerprint density at radius 3 is 2.54 bits per heavy atom. The molecule has 0 bridgehead atoms. The van der Waals surface area contributed by atoms with Gasteiger partial charge >= 0.3 is 0 Å². The van der Waals surface area contributed by atoms with E-state index in [9.17, 15) is 0 Å². The lowest BCUT2D eigenvalue weighted by Crippen LogP contribution is -2.03. The zero-order valence-electron chi connectivity index (χ0n) is 8.29. The third-order valence-corrected chi connectivity index (χ3v) is 2.74. The Morgan fingerprint density at radius 1 is 1.31 bits per heavy atom. The predicted molar refractivity (Wildman–Crippen MR) is 57.0 cm³/mol. The van der Waals surface area contributed by atoms with Crippen molar-refractivity contribution in [1.29, 1.82) is 0 Å². The van der Waals surface area contributed by atoms with E-state index in [0.717, 1.165) is 28.6 Å². The maximum absolute atomic E-state index is 5.76. The molecule has 0 fully saturated rings. The van der Waals surface area contributed by atoms with Crippen LogP contribution < -0.4 is 5.73 Å². The first-order chi connectivity index (χ1) is 6.19. The largest absolute Gasteiger partial charge is 0.383 e. The first kappa shape index (κ1) is 10.3. The van der Waals surface area contributed by atoms with E-state index in [1.165, 1.54) is 0 Å². The molecule has 0 aliphatic carbocycles. The van der Waals surface area contributed by atoms with Crippen molar-refractivity contribution in [2.75, 3.05) is 11.5 Å². The second-order valence-corrected chi connectivity index (χ2v) is 3.99. The highest BCUT2D eigenvalue weighted by Crippen LogP contribution is 2.22. The minimum Gasteiger partial charge on any atom is -0.383 e. The fourth-order valence-electron chi connectivity index (χ4n) is 0.994. The molecule has 0 saturated heterocycles. The van der Waals surface area contributed by atoms with Crippen molar-refractivity contribution >= 4 is 17.6 Å². The molecule has 0 aliphatic heterocycles. The van der Waals surface area contributed by atoms with Gasteiger partial charge in [0.2, 0.25) is 0 Å². The Kier molecular flexibility index (Phi) is 3.54. The van der Waals surface area contributed by atoms with Crippen LogP contribution >= 0.6 is 11.8 Å². The smallest absolute Gasteiger partial charge is 0.131 e. The summed E-state index contributed by atoms with van der Waals surface area (Å²) in [6, 6.07) is 0. The van der Waals surface area contributed by atoms with Crippen LogP contribution in [0.15, 0.2) is 5.03 Å². The third kappa shape index (κ3) is 2.34. The maximum atomic E-state index is 5.76. The van der Waals surface area contributed by atoms with E-state index in [-0.39, 0.29) is 0 Å². The van der Waals surface area contributed by atoms with E-state index in [0.29, 0.717) is 5.82 Å². The minimum atomic E-state index is 0.614. The van der Waals surface area contributed by atoms with Gasteiger partial charge in [-0.2, -0.15) is 0 Å². The molecular weight excluding hydrogens is 182 g/mol. The van der Waals surface area contributed by atoms with Gasteiger partial charge in [0.05, 0.1) is 0 Å². The van der Waals surface area contributed by atoms with Gasteiger partial charge in [0.1, 0.15) is 16.7 Å². The van der Waals surface area contributed by atoms with Crippen molar-refractivity contribution in [3.05, 3.63) is 11.4 Å². The second kappa shape index (κ2) is 4.46. The second-order valence-electron chi connectivity index (χ2n) is 2.74. The number of nitrogens with zero attached hydrogens (tertiary/aromatic N) is 2. The molecule has 3 nitrogen and oxygen atoms in total. The zero-order valence-corrected chi connectivity index (χ0v) is 9.11. The standard InChI is InChI=1S/C9H15N3S/c1-4-7-11-8(10)6(3)9(12-7)13-5-2/h4-5H2,1-3H3,(H2,10,11,12). The molecule has 0 saturated carbocycles. The summed E-state index contributed by atoms with van der Waals surface area (Å²) < 4.78 is 0. The van der Waals surface area contributed by atoms with Crippen LogP contribution in [-0.2, 0) is 6.42 Å². The molecule has 0 aromatic carbocycles. The van der Waals surface area contributed by atoms with Gasteiger partial charge in [0.25, 0.3) is 0 Å². The summed E-state index contributed by atoms with van der Waals surface area (Å²) in [4.78, 5) is 8.60. The van der Waals surface area contributed by atoms with E-state index in [1.54, 1.807) is 11.8 Å². The molecule has 0 aliphatic rings. The van der Waals surface area contributed by atoms with Gasteiger partial charge in [-0.15, -0.1) is 11.8 Å². The fourth-order valence-corrected chi connectivity index (χ4v) is 1.76. The van der Waals surface area contributed by atoms with E-state index >= 15 is 0 Å². The van der Waals surface area contributed by atoms with Crippen LogP contribution in [0.25, 0.3) is 0 Å². The van der Waals surface area contributed by atoms with E-state index in [2.05, 4.69) is 16.9 Å². The molecular formula is C9H15N3S. The number of nitrogens with two attached hydrogens (primary N) is 1. The lowest BCUT2D eigenvalue weighted by atomic mass is 10.3. The molecule has 2 N–H and O–H groups in total.